The molecule has 0 radical (unpaired) electrons. The normalized spacial score (nSPS) is 17.0. The molecule has 2 aliphatic rings. The molecular weight excluding hydrogens is 398 g/mol. The van der Waals surface area contributed by atoms with Gasteiger partial charge in [-0.15, -0.1) is 11.3 Å². The van der Waals surface area contributed by atoms with Crippen molar-refractivity contribution in [3.8, 4) is 11.5 Å². The monoisotopic (exact) mass is 417 g/mol. The summed E-state index contributed by atoms with van der Waals surface area (Å²) in [6.07, 6.45) is 2.76. The maximum atomic E-state index is 12.5. The average Bonchev–Trinajstić information content (AvgIpc) is 3.24. The van der Waals surface area contributed by atoms with E-state index >= 15 is 0 Å². The zero-order chi connectivity index (χ0) is 19.8. The molecule has 4 rings (SSSR count). The van der Waals surface area contributed by atoms with Crippen LogP contribution in [0, 0.1) is 5.92 Å². The van der Waals surface area contributed by atoms with E-state index in [4.69, 9.17) is 27.4 Å². The van der Waals surface area contributed by atoms with E-state index in [-0.39, 0.29) is 17.8 Å². The minimum absolute atomic E-state index is 0.108. The third-order valence-electron chi connectivity index (χ3n) is 4.85. The molecule has 1 aromatic carbocycles. The molecule has 0 unspecified atom stereocenters. The zero-order valence-corrected chi connectivity index (χ0v) is 16.8. The number of amides is 2. The van der Waals surface area contributed by atoms with E-state index in [1.165, 1.54) is 11.3 Å². The van der Waals surface area contributed by atoms with Crippen LogP contribution in [0.4, 0.5) is 5.00 Å². The second-order valence-electron chi connectivity index (χ2n) is 6.90. The first-order valence-corrected chi connectivity index (χ1v) is 10.1. The number of fused-ring (bicyclic) bond motifs is 2. The van der Waals surface area contributed by atoms with Crippen LogP contribution in [0.25, 0.3) is 0 Å². The predicted molar refractivity (Wildman–Crippen MR) is 110 cm³/mol. The Morgan fingerprint density at radius 2 is 2.07 bits per heavy atom. The van der Waals surface area contributed by atoms with Gasteiger partial charge in [0.05, 0.1) is 5.56 Å². The number of ether oxygens (including phenoxy) is 2. The summed E-state index contributed by atoms with van der Waals surface area (Å²) in [6, 6.07) is 4.90. The Labute approximate surface area is 171 Å². The van der Waals surface area contributed by atoms with Gasteiger partial charge in [-0.3, -0.25) is 14.9 Å². The molecule has 28 heavy (non-hydrogen) atoms. The van der Waals surface area contributed by atoms with E-state index in [0.29, 0.717) is 33.5 Å². The maximum Gasteiger partial charge on any atom is 0.257 e. The summed E-state index contributed by atoms with van der Waals surface area (Å²) in [7, 11) is 0. The molecule has 0 spiro atoms. The van der Waals surface area contributed by atoms with Crippen LogP contribution < -0.4 is 25.8 Å². The van der Waals surface area contributed by atoms with E-state index in [1.54, 1.807) is 18.2 Å². The smallest absolute Gasteiger partial charge is 0.257 e. The largest absolute Gasteiger partial charge is 0.454 e. The quantitative estimate of drug-likeness (QED) is 0.664. The molecule has 9 heteroatoms. The van der Waals surface area contributed by atoms with Crippen LogP contribution in [0.2, 0.25) is 0 Å². The summed E-state index contributed by atoms with van der Waals surface area (Å²) in [5.74, 6) is 0.813. The van der Waals surface area contributed by atoms with Gasteiger partial charge in [0, 0.05) is 10.4 Å². The van der Waals surface area contributed by atoms with Crippen molar-refractivity contribution in [1.29, 1.82) is 0 Å². The summed E-state index contributed by atoms with van der Waals surface area (Å²) < 4.78 is 10.5. The Kier molecular flexibility index (Phi) is 4.94. The molecule has 1 aliphatic heterocycles. The molecule has 146 valence electrons. The number of hydrogen-bond acceptors (Lipinski definition) is 6. The van der Waals surface area contributed by atoms with Crippen LogP contribution in [0.3, 0.4) is 0 Å². The molecule has 1 aliphatic carbocycles. The lowest BCUT2D eigenvalue weighted by molar-refractivity contribution is 0.0975. The molecule has 2 heterocycles. The minimum atomic E-state index is -0.487. The van der Waals surface area contributed by atoms with Crippen molar-refractivity contribution in [3.63, 3.8) is 0 Å². The lowest BCUT2D eigenvalue weighted by Crippen LogP contribution is -2.34. The lowest BCUT2D eigenvalue weighted by Gasteiger charge is -2.18. The first kappa shape index (κ1) is 18.7. The number of rotatable bonds is 3. The Morgan fingerprint density at radius 3 is 2.86 bits per heavy atom. The Balaban J connectivity index is 1.49. The highest BCUT2D eigenvalue weighted by Gasteiger charge is 2.27. The number of thiophene rings is 1. The predicted octanol–water partition coefficient (Wildman–Crippen LogP) is 2.83. The average molecular weight is 418 g/mol. The molecular formula is C19H19N3O4S2. The highest BCUT2D eigenvalue weighted by molar-refractivity contribution is 7.80. The van der Waals surface area contributed by atoms with Crippen LogP contribution in [0.15, 0.2) is 18.2 Å². The molecule has 1 atom stereocenters. The van der Waals surface area contributed by atoms with Crippen molar-refractivity contribution in [1.82, 2.24) is 5.32 Å². The SMILES string of the molecule is C[C@H]1CCc2c(sc(NC(=S)NC(=O)c3ccc4c(c3)OCO4)c2C(N)=O)C1. The van der Waals surface area contributed by atoms with Gasteiger partial charge in [0.25, 0.3) is 11.8 Å². The van der Waals surface area contributed by atoms with Crippen molar-refractivity contribution < 1.29 is 19.1 Å². The van der Waals surface area contributed by atoms with Gasteiger partial charge in [-0.25, -0.2) is 0 Å². The molecule has 2 aromatic rings. The van der Waals surface area contributed by atoms with Crippen LogP contribution in [0.5, 0.6) is 11.5 Å². The molecule has 0 bridgehead atoms. The van der Waals surface area contributed by atoms with Crippen molar-refractivity contribution in [2.24, 2.45) is 11.7 Å². The summed E-state index contributed by atoms with van der Waals surface area (Å²) in [4.78, 5) is 25.6. The summed E-state index contributed by atoms with van der Waals surface area (Å²) in [5, 5.41) is 6.30. The molecule has 7 nitrogen and oxygen atoms in total. The number of nitrogens with one attached hydrogen (secondary N) is 2. The van der Waals surface area contributed by atoms with Gasteiger partial charge in [-0.2, -0.15) is 0 Å². The lowest BCUT2D eigenvalue weighted by atomic mass is 9.88. The fraction of sp³-hybridized carbons (Fsp3) is 0.316. The fourth-order valence-corrected chi connectivity index (χ4v) is 5.13. The van der Waals surface area contributed by atoms with Gasteiger partial charge in [0.1, 0.15) is 5.00 Å². The van der Waals surface area contributed by atoms with E-state index < -0.39 is 5.91 Å². The number of benzene rings is 1. The summed E-state index contributed by atoms with van der Waals surface area (Å²) >= 11 is 6.75. The van der Waals surface area contributed by atoms with E-state index in [0.717, 1.165) is 29.7 Å². The number of primary amides is 1. The fourth-order valence-electron chi connectivity index (χ4n) is 3.45. The summed E-state index contributed by atoms with van der Waals surface area (Å²) in [5.41, 5.74) is 7.48. The molecule has 2 amide bonds. The van der Waals surface area contributed by atoms with Gasteiger partial charge in [0.15, 0.2) is 16.6 Å². The molecule has 4 N–H and O–H groups in total. The number of hydrogen-bond donors (Lipinski definition) is 3. The molecule has 0 fully saturated rings. The number of carbonyl (C=O) groups is 2. The number of thiocarbonyl (C=S) groups is 1. The first-order chi connectivity index (χ1) is 13.4. The Bertz CT molecular complexity index is 986. The van der Waals surface area contributed by atoms with Gasteiger partial charge in [-0.05, 0) is 61.2 Å². The van der Waals surface area contributed by atoms with Gasteiger partial charge < -0.3 is 20.5 Å². The highest BCUT2D eigenvalue weighted by atomic mass is 32.1. The maximum absolute atomic E-state index is 12.5. The standard InChI is InChI=1S/C19H19N3O4S2/c1-9-2-4-11-14(6-9)28-18(15(11)16(20)23)22-19(27)21-17(24)10-3-5-12-13(7-10)26-8-25-12/h3,5,7,9H,2,4,6,8H2,1H3,(H2,20,23)(H2,21,22,24,27)/t9-/m0/s1. The molecule has 1 aromatic heterocycles. The van der Waals surface area contributed by atoms with E-state index in [2.05, 4.69) is 17.6 Å². The highest BCUT2D eigenvalue weighted by Crippen LogP contribution is 2.39. The molecule has 0 saturated heterocycles. The number of carbonyl (C=O) groups excluding carboxylic acids is 2. The van der Waals surface area contributed by atoms with Crippen LogP contribution in [-0.2, 0) is 12.8 Å². The minimum Gasteiger partial charge on any atom is -0.454 e. The van der Waals surface area contributed by atoms with E-state index in [1.807, 2.05) is 0 Å². The van der Waals surface area contributed by atoms with Gasteiger partial charge >= 0.3 is 0 Å². The van der Waals surface area contributed by atoms with Crippen LogP contribution in [0.1, 0.15) is 44.5 Å². The Hall–Kier alpha value is -2.65. The third kappa shape index (κ3) is 3.55. The van der Waals surface area contributed by atoms with Crippen molar-refractivity contribution in [2.45, 2.75) is 26.2 Å². The topological polar surface area (TPSA) is 103 Å². The zero-order valence-electron chi connectivity index (χ0n) is 15.2. The number of nitrogens with two attached hydrogens (primary N) is 1. The van der Waals surface area contributed by atoms with Crippen molar-refractivity contribution in [3.05, 3.63) is 39.8 Å². The molecule has 0 saturated carbocycles. The van der Waals surface area contributed by atoms with Crippen molar-refractivity contribution >= 4 is 45.5 Å². The van der Waals surface area contributed by atoms with Gasteiger partial charge in [-0.1, -0.05) is 6.92 Å². The van der Waals surface area contributed by atoms with Crippen molar-refractivity contribution in [2.75, 3.05) is 12.1 Å². The van der Waals surface area contributed by atoms with Gasteiger partial charge in [0.2, 0.25) is 6.79 Å². The summed E-state index contributed by atoms with van der Waals surface area (Å²) in [6.45, 7) is 2.33. The Morgan fingerprint density at radius 1 is 1.29 bits per heavy atom. The third-order valence-corrected chi connectivity index (χ3v) is 6.22. The van der Waals surface area contributed by atoms with E-state index in [9.17, 15) is 9.59 Å². The van der Waals surface area contributed by atoms with Crippen LogP contribution in [-0.4, -0.2) is 23.7 Å². The second-order valence-corrected chi connectivity index (χ2v) is 8.41. The second kappa shape index (κ2) is 7.40. The van der Waals surface area contributed by atoms with Crippen LogP contribution >= 0.6 is 23.6 Å². The first-order valence-electron chi connectivity index (χ1n) is 8.88. The number of anilines is 1.